The quantitative estimate of drug-likeness (QED) is 0.268. The first-order chi connectivity index (χ1) is 16.5. The molecule has 0 aliphatic heterocycles. The maximum atomic E-state index is 15.0. The highest BCUT2D eigenvalue weighted by Crippen LogP contribution is 2.45. The minimum Gasteiger partial charge on any atom is -0.203 e. The Hall–Kier alpha value is -1.70. The van der Waals surface area contributed by atoms with Gasteiger partial charge in [-0.25, -0.2) is 8.78 Å². The summed E-state index contributed by atoms with van der Waals surface area (Å²) in [7, 11) is 0. The van der Waals surface area contributed by atoms with Crippen LogP contribution in [-0.4, -0.2) is 0 Å². The molecule has 0 radical (unpaired) electrons. The van der Waals surface area contributed by atoms with Gasteiger partial charge >= 0.3 is 0 Å². The molecule has 0 nitrogen and oxygen atoms in total. The first-order valence-corrected chi connectivity index (χ1v) is 14.0. The van der Waals surface area contributed by atoms with E-state index in [2.05, 4.69) is 39.0 Å². The highest BCUT2D eigenvalue weighted by atomic mass is 19.2. The van der Waals surface area contributed by atoms with E-state index >= 15 is 4.39 Å². The third-order valence-electron chi connectivity index (χ3n) is 9.17. The lowest BCUT2D eigenvalue weighted by Crippen LogP contribution is -2.27. The van der Waals surface area contributed by atoms with Crippen molar-refractivity contribution in [3.63, 3.8) is 0 Å². The minimum absolute atomic E-state index is 0.391. The van der Waals surface area contributed by atoms with Gasteiger partial charge in [-0.1, -0.05) is 51.0 Å². The topological polar surface area (TPSA) is 0 Å². The van der Waals surface area contributed by atoms with E-state index in [0.717, 1.165) is 42.4 Å². The van der Waals surface area contributed by atoms with E-state index in [0.29, 0.717) is 29.2 Å². The monoisotopic (exact) mass is 466 g/mol. The molecule has 2 aliphatic rings. The van der Waals surface area contributed by atoms with Gasteiger partial charge in [0.05, 0.1) is 0 Å². The third-order valence-corrected chi connectivity index (χ3v) is 9.17. The molecule has 2 aromatic rings. The van der Waals surface area contributed by atoms with E-state index in [9.17, 15) is 4.39 Å². The predicted molar refractivity (Wildman–Crippen MR) is 141 cm³/mol. The summed E-state index contributed by atoms with van der Waals surface area (Å²) in [5.74, 6) is 2.36. The summed E-state index contributed by atoms with van der Waals surface area (Å²) in [5.41, 5.74) is 1.69. The average Bonchev–Trinajstić information content (AvgIpc) is 2.87. The van der Waals surface area contributed by atoms with E-state index in [1.165, 1.54) is 56.9 Å². The van der Waals surface area contributed by atoms with Gasteiger partial charge < -0.3 is 0 Å². The second kappa shape index (κ2) is 11.8. The van der Waals surface area contributed by atoms with Crippen molar-refractivity contribution < 1.29 is 8.78 Å². The number of halogens is 2. The van der Waals surface area contributed by atoms with E-state index in [4.69, 9.17) is 0 Å². The Kier molecular flexibility index (Phi) is 8.83. The van der Waals surface area contributed by atoms with E-state index in [1.54, 1.807) is 0 Å². The standard InChI is InChI=1S/C32H44F2/c1-4-6-7-9-29-20-28-19-18-27(21-30(28)32(34)31(29)33)22(3)24-14-16-26(17-15-24)25-12-10-23(8-5-2)11-13-25/h5,8,18-26H,4,6-7,9-17H2,1-3H3/b8-5+. The minimum atomic E-state index is -0.657. The Labute approximate surface area is 206 Å². The Morgan fingerprint density at radius 2 is 1.56 bits per heavy atom. The molecule has 2 heteroatoms. The number of rotatable bonds is 8. The van der Waals surface area contributed by atoms with Gasteiger partial charge in [0.2, 0.25) is 0 Å². The van der Waals surface area contributed by atoms with Crippen LogP contribution in [0.3, 0.4) is 0 Å². The molecular weight excluding hydrogens is 422 g/mol. The molecule has 34 heavy (non-hydrogen) atoms. The van der Waals surface area contributed by atoms with Crippen molar-refractivity contribution in [3.8, 4) is 0 Å². The predicted octanol–water partition coefficient (Wildman–Crippen LogP) is 10.1. The van der Waals surface area contributed by atoms with Crippen LogP contribution in [0.15, 0.2) is 36.4 Å². The summed E-state index contributed by atoms with van der Waals surface area (Å²) in [4.78, 5) is 0. The molecule has 186 valence electrons. The van der Waals surface area contributed by atoms with Crippen molar-refractivity contribution in [2.45, 2.75) is 104 Å². The lowest BCUT2D eigenvalue weighted by atomic mass is 9.67. The van der Waals surface area contributed by atoms with Crippen LogP contribution in [0.2, 0.25) is 0 Å². The fraction of sp³-hybridized carbons (Fsp3) is 0.625. The average molecular weight is 467 g/mol. The van der Waals surface area contributed by atoms with Gasteiger partial charge in [0, 0.05) is 5.39 Å². The second-order valence-corrected chi connectivity index (χ2v) is 11.3. The van der Waals surface area contributed by atoms with Crippen molar-refractivity contribution in [1.82, 2.24) is 0 Å². The summed E-state index contributed by atoms with van der Waals surface area (Å²) in [6, 6.07) is 7.98. The van der Waals surface area contributed by atoms with Crippen molar-refractivity contribution in [2.24, 2.45) is 23.7 Å². The molecule has 2 fully saturated rings. The van der Waals surface area contributed by atoms with Gasteiger partial charge in [-0.05, 0) is 129 Å². The van der Waals surface area contributed by atoms with Crippen LogP contribution in [0.5, 0.6) is 0 Å². The van der Waals surface area contributed by atoms with E-state index < -0.39 is 11.6 Å². The van der Waals surface area contributed by atoms with Crippen LogP contribution in [0, 0.1) is 35.3 Å². The molecule has 4 rings (SSSR count). The van der Waals surface area contributed by atoms with Crippen LogP contribution < -0.4 is 0 Å². The Morgan fingerprint density at radius 3 is 2.21 bits per heavy atom. The summed E-state index contributed by atoms with van der Waals surface area (Å²) < 4.78 is 29.8. The molecule has 0 saturated heterocycles. The van der Waals surface area contributed by atoms with Gasteiger partial charge in [0.25, 0.3) is 0 Å². The van der Waals surface area contributed by atoms with Gasteiger partial charge in [0.1, 0.15) is 0 Å². The number of allylic oxidation sites excluding steroid dienone is 2. The third kappa shape index (κ3) is 5.74. The number of benzene rings is 2. The number of hydrogen-bond acceptors (Lipinski definition) is 0. The van der Waals surface area contributed by atoms with Crippen LogP contribution in [0.25, 0.3) is 10.8 Å². The van der Waals surface area contributed by atoms with E-state index in [-0.39, 0.29) is 0 Å². The van der Waals surface area contributed by atoms with Crippen molar-refractivity contribution in [1.29, 1.82) is 0 Å². The first-order valence-electron chi connectivity index (χ1n) is 14.0. The second-order valence-electron chi connectivity index (χ2n) is 11.3. The van der Waals surface area contributed by atoms with Crippen molar-refractivity contribution in [2.75, 3.05) is 0 Å². The molecule has 2 saturated carbocycles. The fourth-order valence-corrected chi connectivity index (χ4v) is 6.90. The number of fused-ring (bicyclic) bond motifs is 1. The number of hydrogen-bond donors (Lipinski definition) is 0. The van der Waals surface area contributed by atoms with Crippen LogP contribution in [0.1, 0.15) is 108 Å². The zero-order chi connectivity index (χ0) is 24.1. The molecule has 0 aromatic heterocycles. The molecule has 0 spiro atoms. The molecule has 0 heterocycles. The molecule has 2 aliphatic carbocycles. The lowest BCUT2D eigenvalue weighted by Gasteiger charge is -2.39. The summed E-state index contributed by atoms with van der Waals surface area (Å²) in [6.45, 7) is 6.56. The van der Waals surface area contributed by atoms with Gasteiger partial charge in [-0.3, -0.25) is 0 Å². The van der Waals surface area contributed by atoms with E-state index in [1.807, 2.05) is 18.2 Å². The molecule has 0 N–H and O–H groups in total. The fourth-order valence-electron chi connectivity index (χ4n) is 6.90. The highest BCUT2D eigenvalue weighted by molar-refractivity contribution is 5.85. The van der Waals surface area contributed by atoms with Crippen LogP contribution in [-0.2, 0) is 6.42 Å². The molecule has 0 amide bonds. The molecule has 1 unspecified atom stereocenters. The molecule has 2 aromatic carbocycles. The molecule has 1 atom stereocenters. The first kappa shape index (κ1) is 25.4. The molecular formula is C32H44F2. The van der Waals surface area contributed by atoms with Gasteiger partial charge in [0.15, 0.2) is 11.6 Å². The number of unbranched alkanes of at least 4 members (excludes halogenated alkanes) is 2. The van der Waals surface area contributed by atoms with Gasteiger partial charge in [-0.2, -0.15) is 0 Å². The maximum Gasteiger partial charge on any atom is 0.166 e. The van der Waals surface area contributed by atoms with Crippen LogP contribution >= 0.6 is 0 Å². The molecule has 0 bridgehead atoms. The maximum absolute atomic E-state index is 15.0. The summed E-state index contributed by atoms with van der Waals surface area (Å²) >= 11 is 0. The highest BCUT2D eigenvalue weighted by Gasteiger charge is 2.32. The van der Waals surface area contributed by atoms with Crippen molar-refractivity contribution >= 4 is 10.8 Å². The smallest absolute Gasteiger partial charge is 0.166 e. The van der Waals surface area contributed by atoms with Crippen molar-refractivity contribution in [3.05, 3.63) is 59.2 Å². The normalized spacial score (nSPS) is 26.9. The Balaban J connectivity index is 1.39. The Morgan fingerprint density at radius 1 is 0.882 bits per heavy atom. The SMILES string of the molecule is C/C=C/C1CCC(C2CCC(C(C)c3ccc4cc(CCCCC)c(F)c(F)c4c3)CC2)CC1. The number of aryl methyl sites for hydroxylation is 1. The lowest BCUT2D eigenvalue weighted by molar-refractivity contribution is 0.148. The Bertz CT molecular complexity index is 959. The van der Waals surface area contributed by atoms with Gasteiger partial charge in [-0.15, -0.1) is 0 Å². The summed E-state index contributed by atoms with van der Waals surface area (Å²) in [6.07, 6.45) is 19.0. The largest absolute Gasteiger partial charge is 0.203 e. The zero-order valence-electron chi connectivity index (χ0n) is 21.6. The zero-order valence-corrected chi connectivity index (χ0v) is 21.6. The summed E-state index contributed by atoms with van der Waals surface area (Å²) in [5, 5.41) is 1.28. The van der Waals surface area contributed by atoms with Crippen LogP contribution in [0.4, 0.5) is 8.78 Å².